The Hall–Kier alpha value is -0.860. The number of rotatable bonds is 7. The zero-order chi connectivity index (χ0) is 17.3. The molecule has 0 aromatic heterocycles. The molecule has 6 heteroatoms. The molecule has 2 fully saturated rings. The lowest BCUT2D eigenvalue weighted by Crippen LogP contribution is -2.40. The first-order valence-corrected chi connectivity index (χ1v) is 9.64. The molecule has 0 amide bonds. The minimum Gasteiger partial charge on any atom is -0.377 e. The molecule has 2 atom stereocenters. The van der Waals surface area contributed by atoms with E-state index in [0.29, 0.717) is 31.8 Å². The van der Waals surface area contributed by atoms with Gasteiger partial charge in [0.05, 0.1) is 25.9 Å². The number of halogens is 1. The first-order valence-electron chi connectivity index (χ1n) is 9.64. The summed E-state index contributed by atoms with van der Waals surface area (Å²) in [6, 6.07) is 10.8. The van der Waals surface area contributed by atoms with Crippen LogP contribution in [0.5, 0.6) is 0 Å². The average Bonchev–Trinajstić information content (AvgIpc) is 3.33. The summed E-state index contributed by atoms with van der Waals surface area (Å²) < 4.78 is 11.3. The van der Waals surface area contributed by atoms with Crippen molar-refractivity contribution in [1.29, 1.82) is 0 Å². The van der Waals surface area contributed by atoms with Crippen molar-refractivity contribution in [3.63, 3.8) is 0 Å². The highest BCUT2D eigenvalue weighted by Crippen LogP contribution is 2.26. The number of ether oxygens (including phenoxy) is 2. The van der Waals surface area contributed by atoms with E-state index < -0.39 is 0 Å². The predicted molar refractivity (Wildman–Crippen MR) is 117 cm³/mol. The molecule has 0 radical (unpaired) electrons. The topological polar surface area (TPSA) is 46.1 Å². The lowest BCUT2D eigenvalue weighted by Gasteiger charge is -2.22. The van der Waals surface area contributed by atoms with Gasteiger partial charge in [-0.1, -0.05) is 30.3 Å². The van der Waals surface area contributed by atoms with E-state index in [-0.39, 0.29) is 24.0 Å². The molecule has 2 heterocycles. The van der Waals surface area contributed by atoms with E-state index in [1.165, 1.54) is 12.0 Å². The second kappa shape index (κ2) is 11.8. The Balaban J connectivity index is 0.00000243. The van der Waals surface area contributed by atoms with Crippen LogP contribution in [-0.4, -0.2) is 63.0 Å². The summed E-state index contributed by atoms with van der Waals surface area (Å²) in [6.07, 6.45) is 3.76. The summed E-state index contributed by atoms with van der Waals surface area (Å²) >= 11 is 0. The van der Waals surface area contributed by atoms with Gasteiger partial charge in [0.2, 0.25) is 0 Å². The largest absolute Gasteiger partial charge is 0.377 e. The van der Waals surface area contributed by atoms with Gasteiger partial charge in [0, 0.05) is 32.2 Å². The molecule has 1 aromatic carbocycles. The van der Waals surface area contributed by atoms with Gasteiger partial charge in [-0.25, -0.2) is 0 Å². The molecule has 5 nitrogen and oxygen atoms in total. The number of likely N-dealkylation sites (tertiary alicyclic amines) is 1. The van der Waals surface area contributed by atoms with Gasteiger partial charge < -0.3 is 19.7 Å². The minimum atomic E-state index is 0. The van der Waals surface area contributed by atoms with Gasteiger partial charge in [0.1, 0.15) is 0 Å². The molecule has 2 aliphatic rings. The Morgan fingerprint density at radius 2 is 2.15 bits per heavy atom. The lowest BCUT2D eigenvalue weighted by atomic mass is 9.99. The van der Waals surface area contributed by atoms with E-state index in [1.807, 2.05) is 0 Å². The number of nitrogens with zero attached hydrogens (tertiary/aromatic N) is 2. The van der Waals surface area contributed by atoms with Gasteiger partial charge in [0.25, 0.3) is 0 Å². The van der Waals surface area contributed by atoms with Crippen molar-refractivity contribution in [2.45, 2.75) is 38.2 Å². The molecule has 2 unspecified atom stereocenters. The number of hydrogen-bond acceptors (Lipinski definition) is 3. The van der Waals surface area contributed by atoms with Crippen LogP contribution in [0.15, 0.2) is 35.3 Å². The van der Waals surface area contributed by atoms with Crippen molar-refractivity contribution in [1.82, 2.24) is 10.2 Å². The molecule has 1 aromatic rings. The normalized spacial score (nSPS) is 23.1. The Kier molecular flexibility index (Phi) is 9.71. The van der Waals surface area contributed by atoms with Gasteiger partial charge in [-0.3, -0.25) is 4.99 Å². The Bertz CT molecular complexity index is 535. The SMILES string of the molecule is CCNC(=NCCOCC1CCCO1)N1CCC(c2ccccc2)C1.I. The quantitative estimate of drug-likeness (QED) is 0.286. The van der Waals surface area contributed by atoms with Crippen LogP contribution in [0.25, 0.3) is 0 Å². The van der Waals surface area contributed by atoms with Crippen LogP contribution in [0.2, 0.25) is 0 Å². The van der Waals surface area contributed by atoms with Crippen molar-refractivity contribution in [2.75, 3.05) is 46.0 Å². The van der Waals surface area contributed by atoms with Gasteiger partial charge in [0.15, 0.2) is 5.96 Å². The zero-order valence-corrected chi connectivity index (χ0v) is 18.1. The highest BCUT2D eigenvalue weighted by molar-refractivity contribution is 14.0. The van der Waals surface area contributed by atoms with Crippen molar-refractivity contribution >= 4 is 29.9 Å². The van der Waals surface area contributed by atoms with E-state index in [1.54, 1.807) is 0 Å². The lowest BCUT2D eigenvalue weighted by molar-refractivity contribution is 0.0199. The van der Waals surface area contributed by atoms with Crippen LogP contribution in [0.4, 0.5) is 0 Å². The van der Waals surface area contributed by atoms with Crippen LogP contribution in [0, 0.1) is 0 Å². The average molecular weight is 473 g/mol. The summed E-state index contributed by atoms with van der Waals surface area (Å²) in [5.74, 6) is 1.61. The minimum absolute atomic E-state index is 0. The van der Waals surface area contributed by atoms with Gasteiger partial charge in [-0.05, 0) is 31.7 Å². The third kappa shape index (κ3) is 6.39. The van der Waals surface area contributed by atoms with Crippen LogP contribution < -0.4 is 5.32 Å². The van der Waals surface area contributed by atoms with Gasteiger partial charge >= 0.3 is 0 Å². The van der Waals surface area contributed by atoms with Gasteiger partial charge in [-0.2, -0.15) is 0 Å². The smallest absolute Gasteiger partial charge is 0.194 e. The summed E-state index contributed by atoms with van der Waals surface area (Å²) in [7, 11) is 0. The van der Waals surface area contributed by atoms with Crippen LogP contribution in [0.3, 0.4) is 0 Å². The molecule has 0 aliphatic carbocycles. The fourth-order valence-corrected chi connectivity index (χ4v) is 3.58. The fourth-order valence-electron chi connectivity index (χ4n) is 3.58. The molecule has 0 spiro atoms. The molecule has 3 rings (SSSR count). The summed E-state index contributed by atoms with van der Waals surface area (Å²) in [4.78, 5) is 7.13. The maximum absolute atomic E-state index is 5.72. The first-order chi connectivity index (χ1) is 12.4. The maximum atomic E-state index is 5.72. The number of aliphatic imine (C=N–C) groups is 1. The van der Waals surface area contributed by atoms with Crippen molar-refractivity contribution in [2.24, 2.45) is 4.99 Å². The molecule has 0 saturated carbocycles. The number of guanidine groups is 1. The Morgan fingerprint density at radius 1 is 1.31 bits per heavy atom. The Morgan fingerprint density at radius 3 is 2.88 bits per heavy atom. The molecule has 0 bridgehead atoms. The molecule has 2 saturated heterocycles. The van der Waals surface area contributed by atoms with E-state index in [0.717, 1.165) is 45.0 Å². The number of benzene rings is 1. The summed E-state index contributed by atoms with van der Waals surface area (Å²) in [6.45, 7) is 8.04. The summed E-state index contributed by atoms with van der Waals surface area (Å²) in [5.41, 5.74) is 1.43. The number of nitrogens with one attached hydrogen (secondary N) is 1. The van der Waals surface area contributed by atoms with Crippen molar-refractivity contribution in [3.8, 4) is 0 Å². The molecule has 146 valence electrons. The van der Waals surface area contributed by atoms with Crippen LogP contribution in [0.1, 0.15) is 37.7 Å². The number of hydrogen-bond donors (Lipinski definition) is 1. The highest BCUT2D eigenvalue weighted by Gasteiger charge is 2.25. The van der Waals surface area contributed by atoms with E-state index in [9.17, 15) is 0 Å². The molecular formula is C20H32IN3O2. The predicted octanol–water partition coefficient (Wildman–Crippen LogP) is 3.26. The third-order valence-electron chi connectivity index (χ3n) is 4.92. The van der Waals surface area contributed by atoms with E-state index >= 15 is 0 Å². The highest BCUT2D eigenvalue weighted by atomic mass is 127. The monoisotopic (exact) mass is 473 g/mol. The van der Waals surface area contributed by atoms with Crippen LogP contribution in [-0.2, 0) is 9.47 Å². The maximum Gasteiger partial charge on any atom is 0.194 e. The Labute approximate surface area is 174 Å². The summed E-state index contributed by atoms with van der Waals surface area (Å²) in [5, 5.41) is 3.42. The van der Waals surface area contributed by atoms with E-state index in [4.69, 9.17) is 14.5 Å². The first kappa shape index (κ1) is 21.4. The molecule has 1 N–H and O–H groups in total. The fraction of sp³-hybridized carbons (Fsp3) is 0.650. The second-order valence-corrected chi connectivity index (χ2v) is 6.79. The zero-order valence-electron chi connectivity index (χ0n) is 15.7. The van der Waals surface area contributed by atoms with Crippen molar-refractivity contribution < 1.29 is 9.47 Å². The second-order valence-electron chi connectivity index (χ2n) is 6.79. The molecular weight excluding hydrogens is 441 g/mol. The molecule has 2 aliphatic heterocycles. The van der Waals surface area contributed by atoms with E-state index in [2.05, 4.69) is 47.5 Å². The van der Waals surface area contributed by atoms with Gasteiger partial charge in [-0.15, -0.1) is 24.0 Å². The van der Waals surface area contributed by atoms with Crippen LogP contribution >= 0.6 is 24.0 Å². The third-order valence-corrected chi connectivity index (χ3v) is 4.92. The molecule has 26 heavy (non-hydrogen) atoms. The standard InChI is InChI=1S/C20H31N3O2.HI/c1-2-21-20(22-11-14-24-16-19-9-6-13-25-19)23-12-10-18(15-23)17-7-4-3-5-8-17;/h3-5,7-8,18-19H,2,6,9-16H2,1H3,(H,21,22);1H. The van der Waals surface area contributed by atoms with Crippen molar-refractivity contribution in [3.05, 3.63) is 35.9 Å².